The fraction of sp³-hybridized carbons (Fsp3) is 0.312. The normalized spacial score (nSPS) is 10.5. The lowest BCUT2D eigenvalue weighted by molar-refractivity contribution is 0.0694. The third kappa shape index (κ3) is 3.52. The van der Waals surface area contributed by atoms with Crippen molar-refractivity contribution < 1.29 is 9.90 Å². The number of carbonyl (C=O) groups is 1. The first kappa shape index (κ1) is 15.8. The molecule has 0 saturated heterocycles. The summed E-state index contributed by atoms with van der Waals surface area (Å²) in [7, 11) is 0. The maximum absolute atomic E-state index is 12.2. The summed E-state index contributed by atoms with van der Waals surface area (Å²) in [4.78, 5) is 23.4. The molecule has 6 nitrogen and oxygen atoms in total. The summed E-state index contributed by atoms with van der Waals surface area (Å²) in [6.07, 6.45) is 0.942. The molecule has 116 valence electrons. The van der Waals surface area contributed by atoms with Gasteiger partial charge in [-0.3, -0.25) is 4.79 Å². The standard InChI is InChI=1S/C16H19N3O3/c1-3-11-5-7-12(8-6-11)10-19-15(20)13(16(21)22)9-14(18-19)17-4-2/h5-9H,3-4,10H2,1-2H3,(H,17,18)(H,21,22). The molecule has 6 heteroatoms. The molecule has 0 unspecified atom stereocenters. The average molecular weight is 301 g/mol. The van der Waals surface area contributed by atoms with Gasteiger partial charge in [0.1, 0.15) is 11.4 Å². The van der Waals surface area contributed by atoms with Gasteiger partial charge >= 0.3 is 5.97 Å². The van der Waals surface area contributed by atoms with E-state index in [4.69, 9.17) is 5.11 Å². The zero-order valence-electron chi connectivity index (χ0n) is 12.7. The zero-order valence-corrected chi connectivity index (χ0v) is 12.7. The second-order valence-electron chi connectivity index (χ2n) is 4.91. The lowest BCUT2D eigenvalue weighted by atomic mass is 10.1. The number of rotatable bonds is 6. The summed E-state index contributed by atoms with van der Waals surface area (Å²) in [5, 5.41) is 16.3. The van der Waals surface area contributed by atoms with Crippen molar-refractivity contribution in [3.8, 4) is 0 Å². The number of nitrogens with zero attached hydrogens (tertiary/aromatic N) is 2. The number of hydrogen-bond donors (Lipinski definition) is 2. The van der Waals surface area contributed by atoms with Gasteiger partial charge in [0.15, 0.2) is 0 Å². The monoisotopic (exact) mass is 301 g/mol. The fourth-order valence-electron chi connectivity index (χ4n) is 2.12. The van der Waals surface area contributed by atoms with Gasteiger partial charge in [0.05, 0.1) is 6.54 Å². The summed E-state index contributed by atoms with van der Waals surface area (Å²) >= 11 is 0. The Balaban J connectivity index is 2.39. The topological polar surface area (TPSA) is 84.2 Å². The molecular formula is C16H19N3O3. The minimum Gasteiger partial charge on any atom is -0.477 e. The number of hydrogen-bond acceptors (Lipinski definition) is 4. The first-order chi connectivity index (χ1) is 10.5. The fourth-order valence-corrected chi connectivity index (χ4v) is 2.12. The number of benzene rings is 1. The highest BCUT2D eigenvalue weighted by Crippen LogP contribution is 2.08. The number of aryl methyl sites for hydroxylation is 1. The summed E-state index contributed by atoms with van der Waals surface area (Å²) in [6.45, 7) is 4.78. The van der Waals surface area contributed by atoms with Crippen LogP contribution in [0.3, 0.4) is 0 Å². The van der Waals surface area contributed by atoms with Crippen LogP contribution in [0.5, 0.6) is 0 Å². The molecule has 2 rings (SSSR count). The van der Waals surface area contributed by atoms with Gasteiger partial charge in [0.25, 0.3) is 5.56 Å². The number of anilines is 1. The van der Waals surface area contributed by atoms with Crippen molar-refractivity contribution in [1.82, 2.24) is 9.78 Å². The Hall–Kier alpha value is -2.63. The van der Waals surface area contributed by atoms with Crippen LogP contribution < -0.4 is 10.9 Å². The van der Waals surface area contributed by atoms with Crippen molar-refractivity contribution >= 4 is 11.8 Å². The Kier molecular flexibility index (Phi) is 4.93. The first-order valence-electron chi connectivity index (χ1n) is 7.22. The maximum Gasteiger partial charge on any atom is 0.341 e. The third-order valence-electron chi connectivity index (χ3n) is 3.33. The lowest BCUT2D eigenvalue weighted by Gasteiger charge is -2.10. The number of aromatic nitrogens is 2. The molecule has 22 heavy (non-hydrogen) atoms. The van der Waals surface area contributed by atoms with Gasteiger partial charge in [-0.2, -0.15) is 5.10 Å². The zero-order chi connectivity index (χ0) is 16.1. The molecule has 2 aromatic rings. The summed E-state index contributed by atoms with van der Waals surface area (Å²) in [6, 6.07) is 9.10. The van der Waals surface area contributed by atoms with E-state index in [1.807, 2.05) is 31.2 Å². The van der Waals surface area contributed by atoms with Crippen LogP contribution >= 0.6 is 0 Å². The molecule has 0 fully saturated rings. The van der Waals surface area contributed by atoms with Crippen LogP contribution in [-0.4, -0.2) is 27.4 Å². The third-order valence-corrected chi connectivity index (χ3v) is 3.33. The van der Waals surface area contributed by atoms with E-state index in [1.54, 1.807) is 0 Å². The van der Waals surface area contributed by atoms with Crippen LogP contribution in [0, 0.1) is 0 Å². The molecule has 1 aromatic carbocycles. The van der Waals surface area contributed by atoms with Gasteiger partial charge < -0.3 is 10.4 Å². The Labute approximate surface area is 128 Å². The van der Waals surface area contributed by atoms with Gasteiger partial charge in [0, 0.05) is 12.6 Å². The van der Waals surface area contributed by atoms with Crippen LogP contribution in [-0.2, 0) is 13.0 Å². The average Bonchev–Trinajstić information content (AvgIpc) is 2.51. The molecule has 0 aliphatic rings. The molecule has 0 saturated carbocycles. The SMILES string of the molecule is CCNc1cc(C(=O)O)c(=O)n(Cc2ccc(CC)cc2)n1. The lowest BCUT2D eigenvalue weighted by Crippen LogP contribution is -2.29. The molecular weight excluding hydrogens is 282 g/mol. The minimum absolute atomic E-state index is 0.238. The van der Waals surface area contributed by atoms with Crippen LogP contribution in [0.25, 0.3) is 0 Å². The van der Waals surface area contributed by atoms with Crippen molar-refractivity contribution in [2.45, 2.75) is 26.8 Å². The van der Waals surface area contributed by atoms with E-state index in [0.29, 0.717) is 12.4 Å². The van der Waals surface area contributed by atoms with E-state index in [0.717, 1.165) is 12.0 Å². The molecule has 0 spiro atoms. The highest BCUT2D eigenvalue weighted by molar-refractivity contribution is 5.87. The van der Waals surface area contributed by atoms with E-state index in [-0.39, 0.29) is 12.1 Å². The van der Waals surface area contributed by atoms with E-state index in [1.165, 1.54) is 16.3 Å². The van der Waals surface area contributed by atoms with Crippen LogP contribution in [0.15, 0.2) is 35.1 Å². The first-order valence-corrected chi connectivity index (χ1v) is 7.22. The summed E-state index contributed by atoms with van der Waals surface area (Å²) < 4.78 is 1.18. The van der Waals surface area contributed by atoms with Crippen LogP contribution in [0.2, 0.25) is 0 Å². The van der Waals surface area contributed by atoms with Crippen LogP contribution in [0.1, 0.15) is 35.3 Å². The number of carboxylic acid groups (broad SMARTS) is 1. The minimum atomic E-state index is -1.25. The number of nitrogens with one attached hydrogen (secondary N) is 1. The molecule has 0 aliphatic heterocycles. The smallest absolute Gasteiger partial charge is 0.341 e. The Bertz CT molecular complexity index is 720. The Morgan fingerprint density at radius 1 is 1.23 bits per heavy atom. The van der Waals surface area contributed by atoms with Crippen molar-refractivity contribution in [2.75, 3.05) is 11.9 Å². The Morgan fingerprint density at radius 3 is 2.41 bits per heavy atom. The summed E-state index contributed by atoms with van der Waals surface area (Å²) in [5.41, 5.74) is 1.22. The van der Waals surface area contributed by atoms with Gasteiger partial charge in [-0.05, 0) is 24.5 Å². The summed E-state index contributed by atoms with van der Waals surface area (Å²) in [5.74, 6) is -0.869. The van der Waals surface area contributed by atoms with Crippen LogP contribution in [0.4, 0.5) is 5.82 Å². The van der Waals surface area contributed by atoms with E-state index in [9.17, 15) is 9.59 Å². The van der Waals surface area contributed by atoms with E-state index in [2.05, 4.69) is 17.3 Å². The highest BCUT2D eigenvalue weighted by Gasteiger charge is 2.14. The second kappa shape index (κ2) is 6.89. The van der Waals surface area contributed by atoms with Gasteiger partial charge in [-0.25, -0.2) is 9.48 Å². The molecule has 0 atom stereocenters. The van der Waals surface area contributed by atoms with Crippen molar-refractivity contribution in [3.63, 3.8) is 0 Å². The predicted octanol–water partition coefficient (Wildman–Crippen LogP) is 1.98. The van der Waals surface area contributed by atoms with E-state index < -0.39 is 11.5 Å². The van der Waals surface area contributed by atoms with E-state index >= 15 is 0 Å². The Morgan fingerprint density at radius 2 is 1.86 bits per heavy atom. The van der Waals surface area contributed by atoms with Gasteiger partial charge in [-0.15, -0.1) is 0 Å². The molecule has 0 bridgehead atoms. The highest BCUT2D eigenvalue weighted by atomic mass is 16.4. The number of aromatic carboxylic acids is 1. The molecule has 1 heterocycles. The maximum atomic E-state index is 12.2. The van der Waals surface area contributed by atoms with Gasteiger partial charge in [-0.1, -0.05) is 31.2 Å². The van der Waals surface area contributed by atoms with Gasteiger partial charge in [0.2, 0.25) is 0 Å². The van der Waals surface area contributed by atoms with Crippen molar-refractivity contribution in [2.24, 2.45) is 0 Å². The molecule has 0 radical (unpaired) electrons. The van der Waals surface area contributed by atoms with Crippen molar-refractivity contribution in [1.29, 1.82) is 0 Å². The molecule has 1 aromatic heterocycles. The number of carboxylic acids is 1. The second-order valence-corrected chi connectivity index (χ2v) is 4.91. The largest absolute Gasteiger partial charge is 0.477 e. The quantitative estimate of drug-likeness (QED) is 0.852. The molecule has 0 amide bonds. The predicted molar refractivity (Wildman–Crippen MR) is 84.5 cm³/mol. The van der Waals surface area contributed by atoms with Crippen molar-refractivity contribution in [3.05, 3.63) is 57.4 Å². The molecule has 0 aliphatic carbocycles. The molecule has 2 N–H and O–H groups in total.